The van der Waals surface area contributed by atoms with Gasteiger partial charge in [0.05, 0.1) is 10.9 Å². The van der Waals surface area contributed by atoms with Gasteiger partial charge in [0.15, 0.2) is 5.82 Å². The van der Waals surface area contributed by atoms with Gasteiger partial charge in [-0.25, -0.2) is 18.6 Å². The third kappa shape index (κ3) is 3.66. The summed E-state index contributed by atoms with van der Waals surface area (Å²) in [6.07, 6.45) is 0. The average Bonchev–Trinajstić information content (AvgIpc) is 2.62. The molecule has 0 atom stereocenters. The number of amides is 1. The maximum atomic E-state index is 13.7. The second-order valence-corrected chi connectivity index (χ2v) is 5.58. The van der Waals surface area contributed by atoms with E-state index in [1.54, 1.807) is 18.2 Å². The molecule has 1 aromatic heterocycles. The minimum Gasteiger partial charge on any atom is -0.454 e. The Kier molecular flexibility index (Phi) is 4.93. The highest BCUT2D eigenvalue weighted by Gasteiger charge is 2.20. The topological polar surface area (TPSA) is 104 Å². The van der Waals surface area contributed by atoms with E-state index in [0.717, 1.165) is 22.8 Å². The second kappa shape index (κ2) is 7.32. The molecule has 3 rings (SSSR count). The summed E-state index contributed by atoms with van der Waals surface area (Å²) in [6.45, 7) is -1.07. The molecule has 1 amide bonds. The van der Waals surface area contributed by atoms with Crippen LogP contribution in [0.25, 0.3) is 10.9 Å². The minimum absolute atomic E-state index is 0.0809. The van der Waals surface area contributed by atoms with E-state index in [4.69, 9.17) is 10.5 Å². The first-order chi connectivity index (χ1) is 12.9. The molecule has 0 bridgehead atoms. The Hall–Kier alpha value is -3.62. The van der Waals surface area contributed by atoms with Crippen LogP contribution in [0.15, 0.2) is 47.3 Å². The molecule has 138 valence electrons. The fraction of sp³-hybridized carbons (Fsp3) is 0.111. The quantitative estimate of drug-likeness (QED) is 0.683. The molecule has 1 heterocycles. The number of aromatic nitrogens is 2. The number of hydrogen-bond donors (Lipinski definition) is 1. The Balaban J connectivity index is 1.97. The maximum absolute atomic E-state index is 13.7. The highest BCUT2D eigenvalue weighted by atomic mass is 19.1. The Morgan fingerprint density at radius 1 is 1.07 bits per heavy atom. The summed E-state index contributed by atoms with van der Waals surface area (Å²) < 4.78 is 33.2. The fourth-order valence-corrected chi connectivity index (χ4v) is 2.54. The molecule has 0 aliphatic heterocycles. The summed E-state index contributed by atoms with van der Waals surface area (Å²) in [6, 6.07) is 9.29. The van der Waals surface area contributed by atoms with Gasteiger partial charge >= 0.3 is 5.97 Å². The monoisotopic (exact) mass is 373 g/mol. The maximum Gasteiger partial charge on any atom is 0.344 e. The molecule has 0 unspecified atom stereocenters. The van der Waals surface area contributed by atoms with E-state index in [0.29, 0.717) is 5.52 Å². The first-order valence-corrected chi connectivity index (χ1v) is 7.76. The van der Waals surface area contributed by atoms with Crippen LogP contribution in [-0.2, 0) is 22.7 Å². The number of rotatable bonds is 5. The number of benzene rings is 2. The van der Waals surface area contributed by atoms with Crippen molar-refractivity contribution in [2.75, 3.05) is 0 Å². The molecule has 0 aliphatic carbocycles. The second-order valence-electron chi connectivity index (χ2n) is 5.58. The lowest BCUT2D eigenvalue weighted by Crippen LogP contribution is -2.32. The van der Waals surface area contributed by atoms with Crippen LogP contribution in [0.4, 0.5) is 8.78 Å². The van der Waals surface area contributed by atoms with Crippen LogP contribution in [-0.4, -0.2) is 21.4 Å². The molecule has 3 aromatic rings. The molecule has 9 heteroatoms. The SMILES string of the molecule is NC(=O)Cn1c(COC(=O)c2c(F)cccc2F)nc2ccccc2c1=O. The number of ether oxygens (including phenoxy) is 1. The minimum atomic E-state index is -1.27. The molecule has 0 radical (unpaired) electrons. The molecule has 27 heavy (non-hydrogen) atoms. The number of esters is 1. The van der Waals surface area contributed by atoms with Gasteiger partial charge in [0.1, 0.15) is 30.3 Å². The Bertz CT molecular complexity index is 1090. The molecule has 0 fully saturated rings. The van der Waals surface area contributed by atoms with Gasteiger partial charge in [-0.05, 0) is 24.3 Å². The van der Waals surface area contributed by atoms with Crippen LogP contribution in [0.1, 0.15) is 16.2 Å². The van der Waals surface area contributed by atoms with E-state index in [1.165, 1.54) is 6.07 Å². The van der Waals surface area contributed by atoms with Gasteiger partial charge in [-0.2, -0.15) is 0 Å². The van der Waals surface area contributed by atoms with Gasteiger partial charge in [-0.3, -0.25) is 14.2 Å². The average molecular weight is 373 g/mol. The zero-order valence-electron chi connectivity index (χ0n) is 13.8. The van der Waals surface area contributed by atoms with Crippen molar-refractivity contribution < 1.29 is 23.1 Å². The van der Waals surface area contributed by atoms with Crippen LogP contribution >= 0.6 is 0 Å². The highest BCUT2D eigenvalue weighted by molar-refractivity contribution is 5.90. The normalized spacial score (nSPS) is 10.7. The van der Waals surface area contributed by atoms with Crippen LogP contribution < -0.4 is 11.3 Å². The van der Waals surface area contributed by atoms with Crippen molar-refractivity contribution in [2.45, 2.75) is 13.2 Å². The van der Waals surface area contributed by atoms with Crippen LogP contribution in [0, 0.1) is 11.6 Å². The van der Waals surface area contributed by atoms with Crippen LogP contribution in [0.3, 0.4) is 0 Å². The third-order valence-electron chi connectivity index (χ3n) is 3.75. The molecule has 2 aromatic carbocycles. The van der Waals surface area contributed by atoms with E-state index in [9.17, 15) is 23.2 Å². The molecule has 0 aliphatic rings. The lowest BCUT2D eigenvalue weighted by Gasteiger charge is -2.12. The molecular weight excluding hydrogens is 360 g/mol. The van der Waals surface area contributed by atoms with E-state index in [1.807, 2.05) is 0 Å². The Morgan fingerprint density at radius 3 is 2.41 bits per heavy atom. The summed E-state index contributed by atoms with van der Waals surface area (Å²) in [7, 11) is 0. The van der Waals surface area contributed by atoms with Crippen LogP contribution in [0.2, 0.25) is 0 Å². The van der Waals surface area contributed by atoms with Gasteiger partial charge < -0.3 is 10.5 Å². The number of nitrogens with two attached hydrogens (primary N) is 1. The molecule has 0 spiro atoms. The largest absolute Gasteiger partial charge is 0.454 e. The van der Waals surface area contributed by atoms with E-state index < -0.39 is 47.8 Å². The number of carbonyl (C=O) groups is 2. The summed E-state index contributed by atoms with van der Waals surface area (Å²) in [5.41, 5.74) is 4.06. The predicted octanol–water partition coefficient (Wildman–Crippen LogP) is 1.52. The summed E-state index contributed by atoms with van der Waals surface area (Å²) in [5, 5.41) is 0.244. The number of hydrogen-bond acceptors (Lipinski definition) is 5. The standard InChI is InChI=1S/C18H13F2N3O4/c19-11-5-3-6-12(20)16(11)18(26)27-9-15-22-13-7-2-1-4-10(13)17(25)23(15)8-14(21)24/h1-7H,8-9H2,(H2,21,24). The summed E-state index contributed by atoms with van der Waals surface area (Å²) >= 11 is 0. The highest BCUT2D eigenvalue weighted by Crippen LogP contribution is 2.15. The van der Waals surface area contributed by atoms with Gasteiger partial charge in [0.25, 0.3) is 5.56 Å². The number of halogens is 2. The molecular formula is C18H13F2N3O4. The van der Waals surface area contributed by atoms with Crippen LogP contribution in [0.5, 0.6) is 0 Å². The zero-order valence-corrected chi connectivity index (χ0v) is 13.8. The fourth-order valence-electron chi connectivity index (χ4n) is 2.54. The van der Waals surface area contributed by atoms with Crippen molar-refractivity contribution in [3.63, 3.8) is 0 Å². The summed E-state index contributed by atoms with van der Waals surface area (Å²) in [5.74, 6) is -4.31. The molecule has 0 saturated heterocycles. The molecule has 0 saturated carbocycles. The first-order valence-electron chi connectivity index (χ1n) is 7.76. The van der Waals surface area contributed by atoms with Crippen molar-refractivity contribution in [3.8, 4) is 0 Å². The number of primary amides is 1. The van der Waals surface area contributed by atoms with Gasteiger partial charge in [-0.1, -0.05) is 18.2 Å². The first kappa shape index (κ1) is 18.2. The van der Waals surface area contributed by atoms with Gasteiger partial charge in [-0.15, -0.1) is 0 Å². The zero-order chi connectivity index (χ0) is 19.6. The molecule has 2 N–H and O–H groups in total. The molecule has 7 nitrogen and oxygen atoms in total. The number of carbonyl (C=O) groups excluding carboxylic acids is 2. The number of fused-ring (bicyclic) bond motifs is 1. The van der Waals surface area contributed by atoms with Crippen molar-refractivity contribution in [1.29, 1.82) is 0 Å². The number of nitrogens with zero attached hydrogens (tertiary/aromatic N) is 2. The van der Waals surface area contributed by atoms with Gasteiger partial charge in [0, 0.05) is 0 Å². The van der Waals surface area contributed by atoms with E-state index >= 15 is 0 Å². The third-order valence-corrected chi connectivity index (χ3v) is 3.75. The van der Waals surface area contributed by atoms with Crippen molar-refractivity contribution >= 4 is 22.8 Å². The lowest BCUT2D eigenvalue weighted by molar-refractivity contribution is -0.118. The van der Waals surface area contributed by atoms with Crippen molar-refractivity contribution in [3.05, 3.63) is 75.8 Å². The summed E-state index contributed by atoms with van der Waals surface area (Å²) in [4.78, 5) is 40.1. The Labute approximate surface area is 151 Å². The van der Waals surface area contributed by atoms with Crippen molar-refractivity contribution in [1.82, 2.24) is 9.55 Å². The van der Waals surface area contributed by atoms with Gasteiger partial charge in [0.2, 0.25) is 5.91 Å². The Morgan fingerprint density at radius 2 is 1.74 bits per heavy atom. The number of para-hydroxylation sites is 1. The predicted molar refractivity (Wildman–Crippen MR) is 90.7 cm³/mol. The van der Waals surface area contributed by atoms with E-state index in [-0.39, 0.29) is 11.2 Å². The smallest absolute Gasteiger partial charge is 0.344 e. The van der Waals surface area contributed by atoms with E-state index in [2.05, 4.69) is 4.98 Å². The lowest BCUT2D eigenvalue weighted by atomic mass is 10.2. The van der Waals surface area contributed by atoms with Crippen molar-refractivity contribution in [2.24, 2.45) is 5.73 Å².